The van der Waals surface area contributed by atoms with Gasteiger partial charge in [-0.15, -0.1) is 0 Å². The summed E-state index contributed by atoms with van der Waals surface area (Å²) in [6.45, 7) is 11.8. The molecule has 0 aliphatic rings. The molecule has 0 aromatic heterocycles. The van der Waals surface area contributed by atoms with E-state index >= 15 is 0 Å². The molecule has 0 heterocycles. The van der Waals surface area contributed by atoms with Crippen LogP contribution in [0, 0.1) is 11.8 Å². The van der Waals surface area contributed by atoms with E-state index in [9.17, 15) is 4.79 Å². The number of hydrogen-bond acceptors (Lipinski definition) is 1. The summed E-state index contributed by atoms with van der Waals surface area (Å²) in [7, 11) is 4.58. The second-order valence-corrected chi connectivity index (χ2v) is 7.27. The van der Waals surface area contributed by atoms with Crippen LogP contribution in [-0.4, -0.2) is 44.1 Å². The van der Waals surface area contributed by atoms with E-state index in [1.54, 1.807) is 0 Å². The summed E-state index contributed by atoms with van der Waals surface area (Å²) in [6.07, 6.45) is 5.96. The first kappa shape index (κ1) is 19.4. The van der Waals surface area contributed by atoms with Crippen molar-refractivity contribution in [1.82, 2.24) is 5.32 Å². The van der Waals surface area contributed by atoms with Gasteiger partial charge in [-0.2, -0.15) is 0 Å². The lowest BCUT2D eigenvalue weighted by atomic mass is 9.98. The SMILES string of the molecule is CCCCC[N+](C)(C)CCCNC(=O)C(C)CC(C)C. The molecule has 1 atom stereocenters. The fourth-order valence-corrected chi connectivity index (χ4v) is 2.61. The first-order chi connectivity index (χ1) is 9.28. The molecular formula is C17H37N2O+. The molecule has 0 saturated carbocycles. The molecule has 1 unspecified atom stereocenters. The van der Waals surface area contributed by atoms with Crippen LogP contribution < -0.4 is 5.32 Å². The molecule has 0 radical (unpaired) electrons. The normalized spacial score (nSPS) is 13.6. The van der Waals surface area contributed by atoms with Crippen molar-refractivity contribution in [3.8, 4) is 0 Å². The third-order valence-corrected chi connectivity index (χ3v) is 3.88. The van der Waals surface area contributed by atoms with Gasteiger partial charge in [0.15, 0.2) is 0 Å². The molecule has 1 amide bonds. The molecule has 0 aromatic carbocycles. The van der Waals surface area contributed by atoms with E-state index in [1.165, 1.54) is 25.8 Å². The number of carbonyl (C=O) groups excluding carboxylic acids is 1. The fraction of sp³-hybridized carbons (Fsp3) is 0.941. The molecule has 1 N–H and O–H groups in total. The number of hydrogen-bond donors (Lipinski definition) is 1. The van der Waals surface area contributed by atoms with E-state index in [-0.39, 0.29) is 11.8 Å². The Labute approximate surface area is 126 Å². The van der Waals surface area contributed by atoms with E-state index in [2.05, 4.69) is 40.2 Å². The highest BCUT2D eigenvalue weighted by atomic mass is 16.1. The number of quaternary nitrogens is 1. The van der Waals surface area contributed by atoms with Gasteiger partial charge in [-0.1, -0.05) is 34.1 Å². The van der Waals surface area contributed by atoms with Gasteiger partial charge in [0.25, 0.3) is 0 Å². The Morgan fingerprint density at radius 3 is 2.20 bits per heavy atom. The molecule has 0 rings (SSSR count). The van der Waals surface area contributed by atoms with E-state index in [1.807, 2.05) is 6.92 Å². The van der Waals surface area contributed by atoms with Crippen LogP contribution in [-0.2, 0) is 4.79 Å². The zero-order valence-corrected chi connectivity index (χ0v) is 14.7. The van der Waals surface area contributed by atoms with Crippen molar-refractivity contribution in [1.29, 1.82) is 0 Å². The number of amides is 1. The molecule has 0 aromatic rings. The highest BCUT2D eigenvalue weighted by Gasteiger charge is 2.16. The number of rotatable bonds is 11. The predicted octanol–water partition coefficient (Wildman–Crippen LogP) is 3.44. The minimum atomic E-state index is 0.141. The number of nitrogens with one attached hydrogen (secondary N) is 1. The molecule has 3 heteroatoms. The van der Waals surface area contributed by atoms with Crippen LogP contribution in [0.1, 0.15) is 59.8 Å². The van der Waals surface area contributed by atoms with Crippen molar-refractivity contribution >= 4 is 5.91 Å². The Hall–Kier alpha value is -0.570. The van der Waals surface area contributed by atoms with Crippen LogP contribution >= 0.6 is 0 Å². The van der Waals surface area contributed by atoms with E-state index < -0.39 is 0 Å². The monoisotopic (exact) mass is 285 g/mol. The summed E-state index contributed by atoms with van der Waals surface area (Å²) in [6, 6.07) is 0. The quantitative estimate of drug-likeness (QED) is 0.457. The van der Waals surface area contributed by atoms with Gasteiger partial charge in [-0.3, -0.25) is 4.79 Å². The summed E-state index contributed by atoms with van der Waals surface area (Å²) in [5, 5.41) is 3.08. The summed E-state index contributed by atoms with van der Waals surface area (Å²) < 4.78 is 1.07. The van der Waals surface area contributed by atoms with Crippen molar-refractivity contribution < 1.29 is 9.28 Å². The molecule has 3 nitrogen and oxygen atoms in total. The highest BCUT2D eigenvalue weighted by molar-refractivity contribution is 5.78. The maximum atomic E-state index is 11.9. The predicted molar refractivity (Wildman–Crippen MR) is 87.6 cm³/mol. The molecule has 0 aliphatic heterocycles. The molecule has 0 aliphatic carbocycles. The standard InChI is InChI=1S/C17H36N2O/c1-7-8-9-12-19(5,6)13-10-11-18-17(20)16(4)14-15(2)3/h15-16H,7-14H2,1-6H3/p+1. The van der Waals surface area contributed by atoms with Crippen molar-refractivity contribution in [2.45, 2.75) is 59.8 Å². The summed E-state index contributed by atoms with van der Waals surface area (Å²) >= 11 is 0. The lowest BCUT2D eigenvalue weighted by Crippen LogP contribution is -2.42. The smallest absolute Gasteiger partial charge is 0.222 e. The van der Waals surface area contributed by atoms with Gasteiger partial charge in [0.2, 0.25) is 5.91 Å². The van der Waals surface area contributed by atoms with Gasteiger partial charge in [0, 0.05) is 18.9 Å². The highest BCUT2D eigenvalue weighted by Crippen LogP contribution is 2.10. The average molecular weight is 285 g/mol. The first-order valence-electron chi connectivity index (χ1n) is 8.38. The summed E-state index contributed by atoms with van der Waals surface area (Å²) in [5.74, 6) is 0.946. The molecule has 0 saturated heterocycles. The van der Waals surface area contributed by atoms with Gasteiger partial charge < -0.3 is 9.80 Å². The summed E-state index contributed by atoms with van der Waals surface area (Å²) in [4.78, 5) is 11.9. The van der Waals surface area contributed by atoms with Crippen molar-refractivity contribution in [2.24, 2.45) is 11.8 Å². The third kappa shape index (κ3) is 10.2. The number of unbranched alkanes of at least 4 members (excludes halogenated alkanes) is 2. The second kappa shape index (κ2) is 10.2. The van der Waals surface area contributed by atoms with E-state index in [0.29, 0.717) is 5.92 Å². The minimum absolute atomic E-state index is 0.141. The van der Waals surface area contributed by atoms with Crippen molar-refractivity contribution in [2.75, 3.05) is 33.7 Å². The third-order valence-electron chi connectivity index (χ3n) is 3.88. The number of carbonyl (C=O) groups is 1. The molecular weight excluding hydrogens is 248 g/mol. The van der Waals surface area contributed by atoms with Gasteiger partial charge in [-0.05, 0) is 25.2 Å². The first-order valence-corrected chi connectivity index (χ1v) is 8.38. The van der Waals surface area contributed by atoms with Crippen LogP contribution in [0.5, 0.6) is 0 Å². The van der Waals surface area contributed by atoms with Crippen molar-refractivity contribution in [3.05, 3.63) is 0 Å². The Morgan fingerprint density at radius 1 is 1.05 bits per heavy atom. The van der Waals surface area contributed by atoms with Gasteiger partial charge in [-0.25, -0.2) is 0 Å². The fourth-order valence-electron chi connectivity index (χ4n) is 2.61. The van der Waals surface area contributed by atoms with Crippen LogP contribution in [0.2, 0.25) is 0 Å². The zero-order valence-electron chi connectivity index (χ0n) is 14.7. The van der Waals surface area contributed by atoms with Crippen LogP contribution in [0.25, 0.3) is 0 Å². The molecule has 0 bridgehead atoms. The molecule has 20 heavy (non-hydrogen) atoms. The van der Waals surface area contributed by atoms with E-state index in [4.69, 9.17) is 0 Å². The van der Waals surface area contributed by atoms with Crippen LogP contribution in [0.3, 0.4) is 0 Å². The lowest BCUT2D eigenvalue weighted by Gasteiger charge is -2.30. The molecule has 0 spiro atoms. The Balaban J connectivity index is 3.76. The minimum Gasteiger partial charge on any atom is -0.356 e. The average Bonchev–Trinajstić information content (AvgIpc) is 2.33. The van der Waals surface area contributed by atoms with E-state index in [0.717, 1.165) is 30.4 Å². The zero-order chi connectivity index (χ0) is 15.6. The van der Waals surface area contributed by atoms with Gasteiger partial charge in [0.05, 0.1) is 27.2 Å². The largest absolute Gasteiger partial charge is 0.356 e. The lowest BCUT2D eigenvalue weighted by molar-refractivity contribution is -0.890. The van der Waals surface area contributed by atoms with Gasteiger partial charge in [0.1, 0.15) is 0 Å². The maximum Gasteiger partial charge on any atom is 0.222 e. The Kier molecular flexibility index (Phi) is 9.91. The second-order valence-electron chi connectivity index (χ2n) is 7.27. The Morgan fingerprint density at radius 2 is 1.65 bits per heavy atom. The topological polar surface area (TPSA) is 29.1 Å². The Bertz CT molecular complexity index is 262. The maximum absolute atomic E-state index is 11.9. The van der Waals surface area contributed by atoms with Crippen LogP contribution in [0.4, 0.5) is 0 Å². The van der Waals surface area contributed by atoms with Crippen LogP contribution in [0.15, 0.2) is 0 Å². The summed E-state index contributed by atoms with van der Waals surface area (Å²) in [5.41, 5.74) is 0. The van der Waals surface area contributed by atoms with Crippen molar-refractivity contribution in [3.63, 3.8) is 0 Å². The molecule has 120 valence electrons. The molecule has 0 fully saturated rings. The van der Waals surface area contributed by atoms with Gasteiger partial charge >= 0.3 is 0 Å². The number of nitrogens with zero attached hydrogens (tertiary/aromatic N) is 1.